The van der Waals surface area contributed by atoms with E-state index in [2.05, 4.69) is 9.47 Å². The quantitative estimate of drug-likeness (QED) is 0.423. The molecule has 2 nitrogen and oxygen atoms in total. The first kappa shape index (κ1) is 20.2. The van der Waals surface area contributed by atoms with E-state index in [4.69, 9.17) is 0 Å². The molecule has 0 aliphatic rings. The first-order chi connectivity index (χ1) is 8.59. The molecule has 0 fully saturated rings. The first-order valence-corrected chi connectivity index (χ1v) is 4.92. The number of rotatable bonds is 5. The molecule has 0 bridgehead atoms. The van der Waals surface area contributed by atoms with Crippen LogP contribution in [0.25, 0.3) is 0 Å². The Morgan fingerprint density at radius 1 is 1.05 bits per heavy atom. The summed E-state index contributed by atoms with van der Waals surface area (Å²) >= 11 is 0. The zero-order valence-electron chi connectivity index (χ0n) is 10.2. The van der Waals surface area contributed by atoms with Crippen LogP contribution < -0.4 is 61.6 Å². The third-order valence-electron chi connectivity index (χ3n) is 1.94. The Kier molecular flexibility index (Phi) is 8.07. The summed E-state index contributed by atoms with van der Waals surface area (Å²) in [7, 11) is 0. The van der Waals surface area contributed by atoms with E-state index in [1.165, 1.54) is 0 Å². The second kappa shape index (κ2) is 7.99. The van der Waals surface area contributed by atoms with Crippen LogP contribution in [0.4, 0.5) is 30.5 Å². The molecular weight excluding hydrogens is 323 g/mol. The molecule has 0 aliphatic heterocycles. The molecule has 0 aromatic heterocycles. The van der Waals surface area contributed by atoms with Crippen molar-refractivity contribution in [3.63, 3.8) is 0 Å². The summed E-state index contributed by atoms with van der Waals surface area (Å²) in [5.41, 5.74) is -1.10. The minimum atomic E-state index is -5.34. The van der Waals surface area contributed by atoms with Gasteiger partial charge in [0, 0.05) is 0 Å². The van der Waals surface area contributed by atoms with E-state index < -0.39 is 43.6 Å². The van der Waals surface area contributed by atoms with E-state index in [9.17, 15) is 30.5 Å². The Hall–Kier alpha value is 0.191. The third-order valence-corrected chi connectivity index (χ3v) is 1.94. The Morgan fingerprint density at radius 3 is 2.15 bits per heavy atom. The molecule has 0 heterocycles. The van der Waals surface area contributed by atoms with Crippen molar-refractivity contribution in [2.24, 2.45) is 0 Å². The monoisotopic (exact) mass is 330 g/mol. The zero-order valence-corrected chi connectivity index (χ0v) is 13.3. The molecule has 20 heavy (non-hydrogen) atoms. The Labute approximate surface area is 152 Å². The van der Waals surface area contributed by atoms with Gasteiger partial charge in [-0.15, -0.1) is 18.6 Å². The van der Waals surface area contributed by atoms with E-state index in [1.807, 2.05) is 0 Å². The van der Waals surface area contributed by atoms with Gasteiger partial charge in [-0.2, -0.15) is 0 Å². The fraction of sp³-hybridized carbons (Fsp3) is 0.333. The van der Waals surface area contributed by atoms with Gasteiger partial charge < -0.3 is 17.7 Å². The summed E-state index contributed by atoms with van der Waals surface area (Å²) in [5.74, 6) is -1.88. The number of ether oxygens (including phenoxy) is 2. The predicted molar refractivity (Wildman–Crippen MR) is 52.6 cm³/mol. The SMILES string of the molecule is Fc1ccc([B-](F)(F)F)cc1OCCOC(F)(F)F.[K+]. The maximum absolute atomic E-state index is 13.1. The van der Waals surface area contributed by atoms with E-state index in [-0.39, 0.29) is 51.4 Å². The summed E-state index contributed by atoms with van der Waals surface area (Å²) in [6, 6.07) is 1.45. The van der Waals surface area contributed by atoms with Gasteiger partial charge in [-0.1, -0.05) is 6.07 Å². The molecule has 1 rings (SSSR count). The van der Waals surface area contributed by atoms with Crippen LogP contribution in [-0.4, -0.2) is 26.6 Å². The molecule has 0 spiro atoms. The average molecular weight is 330 g/mol. The van der Waals surface area contributed by atoms with Gasteiger partial charge in [-0.05, 0) is 12.1 Å². The summed E-state index contributed by atoms with van der Waals surface area (Å²) in [6.07, 6.45) is -4.88. The smallest absolute Gasteiger partial charge is 0.488 e. The molecule has 0 saturated heterocycles. The fourth-order valence-electron chi connectivity index (χ4n) is 1.14. The molecule has 0 aliphatic carbocycles. The Morgan fingerprint density at radius 2 is 1.65 bits per heavy atom. The minimum absolute atomic E-state index is 0. The second-order valence-electron chi connectivity index (χ2n) is 3.41. The topological polar surface area (TPSA) is 18.5 Å². The van der Waals surface area contributed by atoms with Crippen LogP contribution in [0.3, 0.4) is 0 Å². The van der Waals surface area contributed by atoms with Gasteiger partial charge in [0.05, 0.1) is 6.61 Å². The minimum Gasteiger partial charge on any atom is -0.488 e. The molecule has 0 saturated carbocycles. The molecule has 0 atom stereocenters. The molecule has 1 aromatic carbocycles. The molecule has 0 amide bonds. The molecule has 108 valence electrons. The second-order valence-corrected chi connectivity index (χ2v) is 3.41. The van der Waals surface area contributed by atoms with Crippen LogP contribution in [0.5, 0.6) is 5.75 Å². The summed E-state index contributed by atoms with van der Waals surface area (Å²) < 4.78 is 92.7. The van der Waals surface area contributed by atoms with Crippen molar-refractivity contribution in [3.8, 4) is 5.75 Å². The molecule has 0 radical (unpaired) electrons. The van der Waals surface area contributed by atoms with Gasteiger partial charge in [0.25, 0.3) is 0 Å². The van der Waals surface area contributed by atoms with E-state index >= 15 is 0 Å². The van der Waals surface area contributed by atoms with Crippen molar-refractivity contribution in [3.05, 3.63) is 24.0 Å². The number of benzene rings is 1. The van der Waals surface area contributed by atoms with Gasteiger partial charge in [0.15, 0.2) is 11.6 Å². The standard InChI is InChI=1S/C9H7BF7O2.K/c11-7-2-1-6(10(15,16)17)5-8(7)18-3-4-19-9(12,13)14;/h1-2,5H,3-4H2;/q-1;+1. The Balaban J connectivity index is 0.00000361. The van der Waals surface area contributed by atoms with Crippen LogP contribution >= 0.6 is 0 Å². The Bertz CT molecular complexity index is 435. The number of alkyl halides is 3. The van der Waals surface area contributed by atoms with Crippen LogP contribution in [0, 0.1) is 5.82 Å². The van der Waals surface area contributed by atoms with Crippen molar-refractivity contribution in [1.82, 2.24) is 0 Å². The number of hydrogen-bond donors (Lipinski definition) is 0. The summed E-state index contributed by atoms with van der Waals surface area (Å²) in [4.78, 5) is 0. The maximum Gasteiger partial charge on any atom is 1.00 e. The van der Waals surface area contributed by atoms with Crippen molar-refractivity contribution < 1.29 is 91.4 Å². The normalized spacial score (nSPS) is 11.9. The fourth-order valence-corrected chi connectivity index (χ4v) is 1.14. The van der Waals surface area contributed by atoms with Gasteiger partial charge >= 0.3 is 64.7 Å². The van der Waals surface area contributed by atoms with Crippen LogP contribution in [-0.2, 0) is 4.74 Å². The van der Waals surface area contributed by atoms with Gasteiger partial charge in [-0.25, -0.2) is 4.39 Å². The van der Waals surface area contributed by atoms with Crippen LogP contribution in [0.15, 0.2) is 18.2 Å². The zero-order chi connectivity index (χ0) is 14.7. The summed E-state index contributed by atoms with van der Waals surface area (Å²) in [6.45, 7) is -7.03. The molecule has 11 heteroatoms. The van der Waals surface area contributed by atoms with Crippen molar-refractivity contribution in [2.45, 2.75) is 6.36 Å². The molecule has 1 aromatic rings. The van der Waals surface area contributed by atoms with E-state index in [0.29, 0.717) is 18.2 Å². The molecular formula is C9H7BF7KO2. The summed E-state index contributed by atoms with van der Waals surface area (Å²) in [5, 5.41) is 0. The van der Waals surface area contributed by atoms with Crippen molar-refractivity contribution in [2.75, 3.05) is 13.2 Å². The number of halogens is 7. The molecule has 0 N–H and O–H groups in total. The third kappa shape index (κ3) is 7.27. The van der Waals surface area contributed by atoms with E-state index in [0.717, 1.165) is 0 Å². The molecule has 0 unspecified atom stereocenters. The predicted octanol–water partition coefficient (Wildman–Crippen LogP) is -0.201. The maximum atomic E-state index is 13.1. The van der Waals surface area contributed by atoms with Crippen LogP contribution in [0.2, 0.25) is 0 Å². The van der Waals surface area contributed by atoms with Crippen LogP contribution in [0.1, 0.15) is 0 Å². The largest absolute Gasteiger partial charge is 1.00 e. The number of hydrogen-bond acceptors (Lipinski definition) is 2. The van der Waals surface area contributed by atoms with Gasteiger partial charge in [-0.3, -0.25) is 4.74 Å². The van der Waals surface area contributed by atoms with Gasteiger partial charge in [0.2, 0.25) is 0 Å². The van der Waals surface area contributed by atoms with Crippen molar-refractivity contribution in [1.29, 1.82) is 0 Å². The van der Waals surface area contributed by atoms with Gasteiger partial charge in [0.1, 0.15) is 6.61 Å². The van der Waals surface area contributed by atoms with E-state index in [1.54, 1.807) is 0 Å². The average Bonchev–Trinajstić information content (AvgIpc) is 2.23. The first-order valence-electron chi connectivity index (χ1n) is 4.92. The van der Waals surface area contributed by atoms with Crippen molar-refractivity contribution >= 4 is 12.4 Å².